The number of nitrogens with zero attached hydrogens (tertiary/aromatic N) is 2. The molecule has 2 nitrogen and oxygen atoms in total. The van der Waals surface area contributed by atoms with Gasteiger partial charge in [0.1, 0.15) is 0 Å². The van der Waals surface area contributed by atoms with Crippen LogP contribution in [0, 0.1) is 0 Å². The third-order valence-electron chi connectivity index (χ3n) is 10.3. The van der Waals surface area contributed by atoms with Crippen LogP contribution in [0.25, 0.3) is 0 Å². The normalized spacial score (nSPS) is 11.9. The van der Waals surface area contributed by atoms with E-state index in [2.05, 4.69) is 37.5 Å². The van der Waals surface area contributed by atoms with Crippen LogP contribution in [-0.2, 0) is 0 Å². The Labute approximate surface area is 288 Å². The highest BCUT2D eigenvalue weighted by Crippen LogP contribution is 2.14. The molecule has 0 aliphatic heterocycles. The molecule has 0 aromatic heterocycles. The van der Waals surface area contributed by atoms with Gasteiger partial charge in [-0.15, -0.1) is 0 Å². The van der Waals surface area contributed by atoms with Gasteiger partial charge in [-0.3, -0.25) is 0 Å². The average molecular weight is 635 g/mol. The summed E-state index contributed by atoms with van der Waals surface area (Å²) < 4.78 is 0. The van der Waals surface area contributed by atoms with Crippen LogP contribution < -0.4 is 0 Å². The summed E-state index contributed by atoms with van der Waals surface area (Å²) in [4.78, 5) is 5.70. The number of unbranched alkanes of at least 4 members (excludes halogenated alkanes) is 28. The zero-order valence-corrected chi connectivity index (χ0v) is 32.5. The molecule has 45 heavy (non-hydrogen) atoms. The van der Waals surface area contributed by atoms with Crippen molar-refractivity contribution in [2.24, 2.45) is 0 Å². The van der Waals surface area contributed by atoms with Crippen LogP contribution in [0.3, 0.4) is 0 Å². The zero-order valence-electron chi connectivity index (χ0n) is 32.5. The van der Waals surface area contributed by atoms with Crippen molar-refractivity contribution in [1.82, 2.24) is 9.80 Å². The summed E-state index contributed by atoms with van der Waals surface area (Å²) in [5.74, 6) is 0. The van der Waals surface area contributed by atoms with Crippen LogP contribution >= 0.6 is 0 Å². The molecule has 0 fully saturated rings. The molecule has 0 bridgehead atoms. The second kappa shape index (κ2) is 40.1. The molecule has 0 saturated carbocycles. The van der Waals surface area contributed by atoms with Crippen LogP contribution in [0.1, 0.15) is 240 Å². The molecule has 2 heteroatoms. The number of hydrogen-bond donors (Lipinski definition) is 0. The molecule has 0 rings (SSSR count). The van der Waals surface area contributed by atoms with Gasteiger partial charge < -0.3 is 9.80 Å². The number of rotatable bonds is 40. The van der Waals surface area contributed by atoms with E-state index in [9.17, 15) is 0 Å². The van der Waals surface area contributed by atoms with Crippen LogP contribution in [0.15, 0.2) is 0 Å². The van der Waals surface area contributed by atoms with Gasteiger partial charge in [-0.1, -0.05) is 201 Å². The topological polar surface area (TPSA) is 6.48 Å². The monoisotopic (exact) mass is 635 g/mol. The lowest BCUT2D eigenvalue weighted by atomic mass is 10.1. The first-order valence-electron chi connectivity index (χ1n) is 21.7. The molecule has 0 saturated heterocycles. The Morgan fingerprint density at radius 2 is 0.311 bits per heavy atom. The Balaban J connectivity index is 4.26. The van der Waals surface area contributed by atoms with Gasteiger partial charge in [0.25, 0.3) is 0 Å². The minimum absolute atomic E-state index is 1.36. The molecule has 0 unspecified atom stereocenters. The van der Waals surface area contributed by atoms with Gasteiger partial charge in [-0.2, -0.15) is 0 Å². The molecule has 0 aliphatic rings. The second-order valence-electron chi connectivity index (χ2n) is 14.9. The molecule has 0 aromatic carbocycles. The summed E-state index contributed by atoms with van der Waals surface area (Å²) in [6.07, 6.45) is 47.4. The Morgan fingerprint density at radius 3 is 0.467 bits per heavy atom. The van der Waals surface area contributed by atoms with Crippen molar-refractivity contribution in [2.75, 3.05) is 39.3 Å². The average Bonchev–Trinajstić information content (AvgIpc) is 3.05. The Bertz CT molecular complexity index is 426. The summed E-state index contributed by atoms with van der Waals surface area (Å²) in [6, 6.07) is 0. The van der Waals surface area contributed by atoms with E-state index >= 15 is 0 Å². The highest BCUT2D eigenvalue weighted by molar-refractivity contribution is 4.63. The van der Waals surface area contributed by atoms with Gasteiger partial charge >= 0.3 is 0 Å². The molecule has 0 aromatic rings. The van der Waals surface area contributed by atoms with Gasteiger partial charge in [-0.25, -0.2) is 0 Å². The van der Waals surface area contributed by atoms with E-state index in [-0.39, 0.29) is 0 Å². The Kier molecular flexibility index (Phi) is 40.0. The molecule has 0 aliphatic carbocycles. The van der Waals surface area contributed by atoms with Crippen LogP contribution in [-0.4, -0.2) is 49.1 Å². The lowest BCUT2D eigenvalue weighted by Crippen LogP contribution is -2.27. The van der Waals surface area contributed by atoms with Crippen molar-refractivity contribution in [3.8, 4) is 0 Å². The minimum atomic E-state index is 1.36. The standard InChI is InChI=1S/C43H90N2/c1-5-9-13-17-21-26-32-38-44(39-33-27-22-18-14-10-6-2)42-36-30-25-31-37-43-45(40-34-28-23-19-15-11-7-3)41-35-29-24-20-16-12-8-4/h5-43H2,1-4H3. The van der Waals surface area contributed by atoms with E-state index in [0.717, 1.165) is 0 Å². The fourth-order valence-corrected chi connectivity index (χ4v) is 7.04. The largest absolute Gasteiger partial charge is 0.303 e. The van der Waals surface area contributed by atoms with Crippen molar-refractivity contribution in [3.05, 3.63) is 0 Å². The second-order valence-corrected chi connectivity index (χ2v) is 14.9. The predicted molar refractivity (Wildman–Crippen MR) is 208 cm³/mol. The van der Waals surface area contributed by atoms with Gasteiger partial charge in [0.15, 0.2) is 0 Å². The van der Waals surface area contributed by atoms with Crippen LogP contribution in [0.5, 0.6) is 0 Å². The van der Waals surface area contributed by atoms with Crippen molar-refractivity contribution >= 4 is 0 Å². The SMILES string of the molecule is CCCCCCCCCN(CCCCCCCCC)CCCCCCCN(CCCCCCCCC)CCCCCCCCC. The summed E-state index contributed by atoms with van der Waals surface area (Å²) in [6.45, 7) is 17.4. The smallest absolute Gasteiger partial charge is 0.00187 e. The first-order chi connectivity index (χ1) is 22.3. The van der Waals surface area contributed by atoms with Crippen molar-refractivity contribution in [3.63, 3.8) is 0 Å². The van der Waals surface area contributed by atoms with Gasteiger partial charge in [-0.05, 0) is 77.8 Å². The molecule has 0 heterocycles. The zero-order chi connectivity index (χ0) is 32.7. The number of hydrogen-bond acceptors (Lipinski definition) is 2. The van der Waals surface area contributed by atoms with Gasteiger partial charge in [0.2, 0.25) is 0 Å². The lowest BCUT2D eigenvalue weighted by molar-refractivity contribution is 0.248. The summed E-state index contributed by atoms with van der Waals surface area (Å²) in [5.41, 5.74) is 0. The predicted octanol–water partition coefficient (Wildman–Crippen LogP) is 14.5. The van der Waals surface area contributed by atoms with Crippen LogP contribution in [0.4, 0.5) is 0 Å². The van der Waals surface area contributed by atoms with E-state index in [1.165, 1.54) is 251 Å². The highest BCUT2D eigenvalue weighted by Gasteiger charge is 2.07. The van der Waals surface area contributed by atoms with Crippen molar-refractivity contribution in [2.45, 2.75) is 240 Å². The first-order valence-corrected chi connectivity index (χ1v) is 21.7. The van der Waals surface area contributed by atoms with E-state index in [0.29, 0.717) is 0 Å². The molecular formula is C43H90N2. The third-order valence-corrected chi connectivity index (χ3v) is 10.3. The first kappa shape index (κ1) is 44.9. The quantitative estimate of drug-likeness (QED) is 0.0619. The molecule has 0 spiro atoms. The summed E-state index contributed by atoms with van der Waals surface area (Å²) in [5, 5.41) is 0. The maximum Gasteiger partial charge on any atom is -0.00187 e. The fraction of sp³-hybridized carbons (Fsp3) is 1.00. The molecule has 272 valence electrons. The van der Waals surface area contributed by atoms with E-state index in [4.69, 9.17) is 0 Å². The van der Waals surface area contributed by atoms with Gasteiger partial charge in [0.05, 0.1) is 0 Å². The maximum absolute atomic E-state index is 2.85. The molecule has 0 N–H and O–H groups in total. The van der Waals surface area contributed by atoms with Crippen molar-refractivity contribution in [1.29, 1.82) is 0 Å². The van der Waals surface area contributed by atoms with Crippen LogP contribution in [0.2, 0.25) is 0 Å². The minimum Gasteiger partial charge on any atom is -0.303 e. The van der Waals surface area contributed by atoms with E-state index in [1.807, 2.05) is 0 Å². The van der Waals surface area contributed by atoms with E-state index in [1.54, 1.807) is 0 Å². The fourth-order valence-electron chi connectivity index (χ4n) is 7.04. The summed E-state index contributed by atoms with van der Waals surface area (Å²) in [7, 11) is 0. The molecule has 0 amide bonds. The maximum atomic E-state index is 2.85. The Hall–Kier alpha value is -0.0800. The van der Waals surface area contributed by atoms with Crippen molar-refractivity contribution < 1.29 is 0 Å². The summed E-state index contributed by atoms with van der Waals surface area (Å²) >= 11 is 0. The van der Waals surface area contributed by atoms with E-state index < -0.39 is 0 Å². The third kappa shape index (κ3) is 36.6. The van der Waals surface area contributed by atoms with Gasteiger partial charge in [0, 0.05) is 0 Å². The molecular weight excluding hydrogens is 544 g/mol. The Morgan fingerprint density at radius 1 is 0.178 bits per heavy atom. The highest BCUT2D eigenvalue weighted by atomic mass is 15.1. The molecule has 0 atom stereocenters. The lowest BCUT2D eigenvalue weighted by Gasteiger charge is -2.23. The molecule has 0 radical (unpaired) electrons.